The minimum atomic E-state index is -0.132. The Labute approximate surface area is 147 Å². The maximum absolute atomic E-state index is 12.5. The molecule has 3 rings (SSSR count). The molecule has 0 aromatic carbocycles. The SMILES string of the molecule is CC/C=C1/C(C2CCN(C(=O)c3cc(OC)no3)CC2)=CNC1=NC. The molecule has 0 atom stereocenters. The Balaban J connectivity index is 1.64. The van der Waals surface area contributed by atoms with Crippen molar-refractivity contribution in [1.82, 2.24) is 15.4 Å². The van der Waals surface area contributed by atoms with E-state index in [0.717, 1.165) is 25.1 Å². The van der Waals surface area contributed by atoms with Gasteiger partial charge >= 0.3 is 0 Å². The molecule has 2 aliphatic heterocycles. The molecule has 3 heterocycles. The lowest BCUT2D eigenvalue weighted by Crippen LogP contribution is -2.38. The second-order valence-electron chi connectivity index (χ2n) is 6.14. The van der Waals surface area contributed by atoms with E-state index < -0.39 is 0 Å². The number of carbonyl (C=O) groups excluding carboxylic acids is 1. The van der Waals surface area contributed by atoms with E-state index in [1.807, 2.05) is 4.90 Å². The molecule has 0 saturated carbocycles. The summed E-state index contributed by atoms with van der Waals surface area (Å²) in [5, 5.41) is 6.95. The minimum Gasteiger partial charge on any atom is -0.479 e. The Kier molecular flexibility index (Phi) is 5.21. The molecule has 1 saturated heterocycles. The zero-order valence-electron chi connectivity index (χ0n) is 14.9. The smallest absolute Gasteiger partial charge is 0.292 e. The predicted molar refractivity (Wildman–Crippen MR) is 94.6 cm³/mol. The van der Waals surface area contributed by atoms with Gasteiger partial charge in [0.25, 0.3) is 11.8 Å². The van der Waals surface area contributed by atoms with Crippen molar-refractivity contribution in [1.29, 1.82) is 0 Å². The second kappa shape index (κ2) is 7.55. The Morgan fingerprint density at radius 2 is 2.28 bits per heavy atom. The molecule has 25 heavy (non-hydrogen) atoms. The van der Waals surface area contributed by atoms with Crippen LogP contribution in [0.2, 0.25) is 0 Å². The van der Waals surface area contributed by atoms with Gasteiger partial charge in [-0.25, -0.2) is 0 Å². The topological polar surface area (TPSA) is 80.0 Å². The summed E-state index contributed by atoms with van der Waals surface area (Å²) in [6.45, 7) is 3.52. The number of hydrogen-bond acceptors (Lipinski definition) is 5. The van der Waals surface area contributed by atoms with Crippen LogP contribution >= 0.6 is 0 Å². The first-order chi connectivity index (χ1) is 12.2. The van der Waals surface area contributed by atoms with Crippen LogP contribution in [0.25, 0.3) is 0 Å². The van der Waals surface area contributed by atoms with Gasteiger partial charge in [0.1, 0.15) is 5.84 Å². The molecule has 0 unspecified atom stereocenters. The molecule has 134 valence electrons. The molecule has 0 aliphatic carbocycles. The fourth-order valence-electron chi connectivity index (χ4n) is 3.39. The van der Waals surface area contributed by atoms with E-state index in [-0.39, 0.29) is 11.7 Å². The third kappa shape index (κ3) is 3.45. The number of allylic oxidation sites excluding steroid dienone is 1. The number of carbonyl (C=O) groups is 1. The van der Waals surface area contributed by atoms with E-state index in [0.29, 0.717) is 24.9 Å². The van der Waals surface area contributed by atoms with E-state index in [9.17, 15) is 4.79 Å². The van der Waals surface area contributed by atoms with Crippen molar-refractivity contribution in [2.45, 2.75) is 26.2 Å². The zero-order chi connectivity index (χ0) is 17.8. The Morgan fingerprint density at radius 1 is 1.52 bits per heavy atom. The number of nitrogens with zero attached hydrogens (tertiary/aromatic N) is 3. The first-order valence-electron chi connectivity index (χ1n) is 8.62. The van der Waals surface area contributed by atoms with Crippen LogP contribution in [0.5, 0.6) is 5.88 Å². The number of rotatable bonds is 4. The van der Waals surface area contributed by atoms with Crippen LogP contribution in [0.15, 0.2) is 39.0 Å². The largest absolute Gasteiger partial charge is 0.479 e. The number of amidine groups is 1. The molecule has 1 aromatic rings. The molecule has 0 bridgehead atoms. The zero-order valence-corrected chi connectivity index (χ0v) is 14.9. The fraction of sp³-hybridized carbons (Fsp3) is 0.500. The summed E-state index contributed by atoms with van der Waals surface area (Å²) >= 11 is 0. The summed E-state index contributed by atoms with van der Waals surface area (Å²) in [5.74, 6) is 1.78. The third-order valence-electron chi connectivity index (χ3n) is 4.69. The molecular weight excluding hydrogens is 320 g/mol. The van der Waals surface area contributed by atoms with Gasteiger partial charge in [-0.05, 0) is 35.9 Å². The summed E-state index contributed by atoms with van der Waals surface area (Å²) in [5.41, 5.74) is 2.51. The lowest BCUT2D eigenvalue weighted by Gasteiger charge is -2.32. The van der Waals surface area contributed by atoms with Crippen LogP contribution in [0.1, 0.15) is 36.7 Å². The van der Waals surface area contributed by atoms with Crippen molar-refractivity contribution >= 4 is 11.7 Å². The lowest BCUT2D eigenvalue weighted by molar-refractivity contribution is 0.0660. The fourth-order valence-corrected chi connectivity index (χ4v) is 3.39. The summed E-state index contributed by atoms with van der Waals surface area (Å²) in [6.07, 6.45) is 7.09. The minimum absolute atomic E-state index is 0.132. The van der Waals surface area contributed by atoms with E-state index in [4.69, 9.17) is 9.26 Å². The molecule has 1 aromatic heterocycles. The molecule has 1 amide bonds. The molecule has 7 nitrogen and oxygen atoms in total. The standard InChI is InChI=1S/C18H24N4O3/c1-4-5-13-14(11-20-17(13)19-2)12-6-8-22(9-7-12)18(23)15-10-16(24-3)21-25-15/h5,10-12H,4,6-9H2,1-3H3,(H,19,20)/b13-5-. The van der Waals surface area contributed by atoms with Crippen molar-refractivity contribution in [2.24, 2.45) is 10.9 Å². The quantitative estimate of drug-likeness (QED) is 0.907. The van der Waals surface area contributed by atoms with Gasteiger partial charge in [0.15, 0.2) is 0 Å². The van der Waals surface area contributed by atoms with E-state index in [1.165, 1.54) is 24.3 Å². The van der Waals surface area contributed by atoms with Gasteiger partial charge in [0, 0.05) is 31.9 Å². The monoisotopic (exact) mass is 344 g/mol. The summed E-state index contributed by atoms with van der Waals surface area (Å²) < 4.78 is 10.0. The Bertz CT molecular complexity index is 724. The van der Waals surface area contributed by atoms with Gasteiger partial charge in [-0.2, -0.15) is 0 Å². The number of ether oxygens (including phenoxy) is 1. The van der Waals surface area contributed by atoms with Gasteiger partial charge in [-0.1, -0.05) is 13.0 Å². The summed E-state index contributed by atoms with van der Waals surface area (Å²) in [6, 6.07) is 1.53. The summed E-state index contributed by atoms with van der Waals surface area (Å²) in [4.78, 5) is 18.6. The van der Waals surface area contributed by atoms with Crippen LogP contribution in [0, 0.1) is 5.92 Å². The van der Waals surface area contributed by atoms with E-state index in [1.54, 1.807) is 7.05 Å². The molecule has 7 heteroatoms. The van der Waals surface area contributed by atoms with E-state index in [2.05, 4.69) is 34.7 Å². The molecule has 0 spiro atoms. The number of methoxy groups -OCH3 is 1. The Morgan fingerprint density at radius 3 is 2.88 bits per heavy atom. The number of aromatic nitrogens is 1. The Hall–Kier alpha value is -2.57. The number of likely N-dealkylation sites (tertiary alicyclic amines) is 1. The normalized spacial score (nSPS) is 21.6. The summed E-state index contributed by atoms with van der Waals surface area (Å²) in [7, 11) is 3.30. The highest BCUT2D eigenvalue weighted by Crippen LogP contribution is 2.33. The number of amides is 1. The number of aliphatic imine (C=N–C) groups is 1. The van der Waals surface area contributed by atoms with Gasteiger partial charge in [-0.3, -0.25) is 9.79 Å². The van der Waals surface area contributed by atoms with Crippen LogP contribution in [-0.4, -0.2) is 49.0 Å². The van der Waals surface area contributed by atoms with Gasteiger partial charge < -0.3 is 19.5 Å². The number of piperidine rings is 1. The van der Waals surface area contributed by atoms with Crippen molar-refractivity contribution in [3.05, 3.63) is 35.2 Å². The number of nitrogens with one attached hydrogen (secondary N) is 1. The van der Waals surface area contributed by atoms with Gasteiger partial charge in [0.2, 0.25) is 5.76 Å². The van der Waals surface area contributed by atoms with Crippen LogP contribution in [0.3, 0.4) is 0 Å². The second-order valence-corrected chi connectivity index (χ2v) is 6.14. The van der Waals surface area contributed by atoms with Crippen molar-refractivity contribution in [3.63, 3.8) is 0 Å². The average molecular weight is 344 g/mol. The third-order valence-corrected chi connectivity index (χ3v) is 4.69. The molecule has 1 N–H and O–H groups in total. The van der Waals surface area contributed by atoms with Crippen molar-refractivity contribution < 1.29 is 14.1 Å². The maximum Gasteiger partial charge on any atom is 0.292 e. The van der Waals surface area contributed by atoms with E-state index >= 15 is 0 Å². The maximum atomic E-state index is 12.5. The molecule has 1 fully saturated rings. The van der Waals surface area contributed by atoms with Crippen LogP contribution < -0.4 is 10.1 Å². The molecule has 0 radical (unpaired) electrons. The molecular formula is C18H24N4O3. The highest BCUT2D eigenvalue weighted by Gasteiger charge is 2.31. The van der Waals surface area contributed by atoms with Crippen molar-refractivity contribution in [3.8, 4) is 5.88 Å². The lowest BCUT2D eigenvalue weighted by atomic mass is 9.85. The first kappa shape index (κ1) is 17.3. The highest BCUT2D eigenvalue weighted by atomic mass is 16.5. The van der Waals surface area contributed by atoms with Gasteiger partial charge in [-0.15, -0.1) is 0 Å². The average Bonchev–Trinajstić information content (AvgIpc) is 3.28. The van der Waals surface area contributed by atoms with Gasteiger partial charge in [0.05, 0.1) is 13.2 Å². The highest BCUT2D eigenvalue weighted by molar-refractivity contribution is 6.05. The van der Waals surface area contributed by atoms with Crippen LogP contribution in [0.4, 0.5) is 0 Å². The number of hydrogen-bond donors (Lipinski definition) is 1. The first-order valence-corrected chi connectivity index (χ1v) is 8.62. The predicted octanol–water partition coefficient (Wildman–Crippen LogP) is 2.39. The molecule has 2 aliphatic rings. The van der Waals surface area contributed by atoms with Crippen LogP contribution in [-0.2, 0) is 0 Å². The van der Waals surface area contributed by atoms with Crippen molar-refractivity contribution in [2.75, 3.05) is 27.2 Å².